The fourth-order valence-corrected chi connectivity index (χ4v) is 6.97. The van der Waals surface area contributed by atoms with Gasteiger partial charge in [-0.3, -0.25) is 48.4 Å². The number of carbonyl (C=O) groups is 6. The van der Waals surface area contributed by atoms with E-state index in [0.717, 1.165) is 19.3 Å². The first-order chi connectivity index (χ1) is 26.7. The van der Waals surface area contributed by atoms with Crippen LogP contribution in [0.3, 0.4) is 0 Å². The minimum atomic E-state index is -1.02. The summed E-state index contributed by atoms with van der Waals surface area (Å²) in [5.41, 5.74) is -0.607. The van der Waals surface area contributed by atoms with Crippen molar-refractivity contribution in [3.8, 4) is 0 Å². The van der Waals surface area contributed by atoms with E-state index in [9.17, 15) is 44.1 Å². The van der Waals surface area contributed by atoms with Gasteiger partial charge in [-0.15, -0.1) is 0 Å². The fourth-order valence-electron chi connectivity index (χ4n) is 6.97. The molecule has 1 atom stereocenters. The Morgan fingerprint density at radius 1 is 0.614 bits per heavy atom. The van der Waals surface area contributed by atoms with E-state index >= 15 is 0 Å². The Hall–Kier alpha value is -3.26. The molecule has 2 rings (SSSR count). The van der Waals surface area contributed by atoms with Crippen molar-refractivity contribution in [3.05, 3.63) is 0 Å². The van der Waals surface area contributed by atoms with Crippen molar-refractivity contribution in [3.63, 3.8) is 0 Å². The average Bonchev–Trinajstić information content (AvgIpc) is 3.10. The van der Waals surface area contributed by atoms with Crippen LogP contribution in [0.2, 0.25) is 0 Å². The lowest BCUT2D eigenvalue weighted by Crippen LogP contribution is -2.52. The first-order valence-electron chi connectivity index (χ1n) is 20.3. The quantitative estimate of drug-likeness (QED) is 0.0963. The molecule has 0 bridgehead atoms. The zero-order valence-corrected chi connectivity index (χ0v) is 35.3. The number of hydrogen-bond acceptors (Lipinski definition) is 13. The number of nitrogens with zero attached hydrogens (tertiary/aromatic N) is 5. The maximum atomic E-state index is 13.2. The van der Waals surface area contributed by atoms with Crippen LogP contribution in [0.5, 0.6) is 0 Å². The molecule has 0 aromatic carbocycles. The molecule has 2 heterocycles. The van der Waals surface area contributed by atoms with Gasteiger partial charge in [0.05, 0.1) is 65.1 Å². The molecule has 0 spiro atoms. The minimum absolute atomic E-state index is 0.0214. The van der Waals surface area contributed by atoms with Gasteiger partial charge in [0.2, 0.25) is 11.8 Å². The Bertz CT molecular complexity index is 1250. The normalized spacial score (nSPS) is 18.7. The zero-order valence-electron chi connectivity index (χ0n) is 35.3. The van der Waals surface area contributed by atoms with E-state index in [-0.39, 0.29) is 81.5 Å². The number of ketones is 1. The van der Waals surface area contributed by atoms with Crippen LogP contribution < -0.4 is 10.6 Å². The molecule has 2 fully saturated rings. The van der Waals surface area contributed by atoms with E-state index in [0.29, 0.717) is 84.6 Å². The zero-order chi connectivity index (χ0) is 42.6. The standard InChI is InChI=1S/C39H71N7O11/c1-38(2,3)37(55)31(41-39(4,5)6)25-30-7-11-46(12-8-30)33(48)9-21-56-23-24-57-22-10-40-32(47)26-42-13-15-43(27-34(49)50)17-19-45(29-36(53)54)20-18-44(16-14-42)28-35(51)52/h30-31,41H,7-29H2,1-6H3,(H,40,47)(H,49,50)(H,51,52)(H,53,54)/t31-/m0/s1. The summed E-state index contributed by atoms with van der Waals surface area (Å²) in [5, 5.41) is 34.5. The minimum Gasteiger partial charge on any atom is -0.480 e. The molecule has 0 aliphatic carbocycles. The Morgan fingerprint density at radius 2 is 1.04 bits per heavy atom. The van der Waals surface area contributed by atoms with E-state index < -0.39 is 23.3 Å². The summed E-state index contributed by atoms with van der Waals surface area (Å²) >= 11 is 0. The number of ether oxygens (including phenoxy) is 2. The molecule has 2 aliphatic heterocycles. The van der Waals surface area contributed by atoms with Crippen LogP contribution in [0, 0.1) is 11.3 Å². The molecule has 2 saturated heterocycles. The van der Waals surface area contributed by atoms with Crippen molar-refractivity contribution in [2.75, 3.05) is 125 Å². The first kappa shape index (κ1) is 49.9. The van der Waals surface area contributed by atoms with Gasteiger partial charge < -0.3 is 40.3 Å². The van der Waals surface area contributed by atoms with Crippen molar-refractivity contribution in [1.82, 2.24) is 35.1 Å². The summed E-state index contributed by atoms with van der Waals surface area (Å²) in [7, 11) is 0. The largest absolute Gasteiger partial charge is 0.480 e. The lowest BCUT2D eigenvalue weighted by atomic mass is 9.80. The highest BCUT2D eigenvalue weighted by Gasteiger charge is 2.35. The van der Waals surface area contributed by atoms with E-state index in [1.54, 1.807) is 14.7 Å². The number of carbonyl (C=O) groups excluding carboxylic acids is 3. The van der Waals surface area contributed by atoms with Gasteiger partial charge >= 0.3 is 17.9 Å². The molecule has 0 unspecified atom stereocenters. The Balaban J connectivity index is 1.69. The summed E-state index contributed by atoms with van der Waals surface area (Å²) in [4.78, 5) is 82.0. The molecule has 0 saturated carbocycles. The maximum absolute atomic E-state index is 13.2. The number of carboxylic acids is 3. The topological polar surface area (TPSA) is 222 Å². The highest BCUT2D eigenvalue weighted by molar-refractivity contribution is 5.88. The second-order valence-corrected chi connectivity index (χ2v) is 17.2. The van der Waals surface area contributed by atoms with Gasteiger partial charge in [-0.1, -0.05) is 20.8 Å². The molecular weight excluding hydrogens is 742 g/mol. The maximum Gasteiger partial charge on any atom is 0.317 e. The summed E-state index contributed by atoms with van der Waals surface area (Å²) < 4.78 is 11.2. The number of Topliss-reactive ketones (excluding diaryl/α,β-unsaturated/α-hetero) is 1. The van der Waals surface area contributed by atoms with Gasteiger partial charge in [0.1, 0.15) is 0 Å². The monoisotopic (exact) mass is 814 g/mol. The summed E-state index contributed by atoms with van der Waals surface area (Å²) in [6.07, 6.45) is 2.77. The highest BCUT2D eigenvalue weighted by atomic mass is 16.5. The molecule has 0 radical (unpaired) electrons. The molecule has 18 nitrogen and oxygen atoms in total. The van der Waals surface area contributed by atoms with Crippen LogP contribution in [0.4, 0.5) is 0 Å². The lowest BCUT2D eigenvalue weighted by molar-refractivity contribution is -0.140. The number of amides is 2. The second-order valence-electron chi connectivity index (χ2n) is 17.2. The number of aliphatic carboxylic acids is 3. The van der Waals surface area contributed by atoms with Crippen molar-refractivity contribution in [1.29, 1.82) is 0 Å². The number of likely N-dealkylation sites (tertiary alicyclic amines) is 1. The Kier molecular flexibility index (Phi) is 22.1. The Labute approximate surface area is 338 Å². The molecule has 2 amide bonds. The van der Waals surface area contributed by atoms with Crippen LogP contribution in [-0.2, 0) is 38.2 Å². The van der Waals surface area contributed by atoms with Gasteiger partial charge in [0.25, 0.3) is 0 Å². The first-order valence-corrected chi connectivity index (χ1v) is 20.3. The van der Waals surface area contributed by atoms with Gasteiger partial charge in [0, 0.05) is 82.9 Å². The Morgan fingerprint density at radius 3 is 1.44 bits per heavy atom. The molecule has 328 valence electrons. The van der Waals surface area contributed by atoms with Crippen LogP contribution in [0.1, 0.15) is 67.2 Å². The van der Waals surface area contributed by atoms with Crippen LogP contribution in [0.25, 0.3) is 0 Å². The number of rotatable bonds is 21. The molecule has 2 aliphatic rings. The number of carboxylic acid groups (broad SMARTS) is 3. The molecule has 57 heavy (non-hydrogen) atoms. The smallest absolute Gasteiger partial charge is 0.317 e. The predicted molar refractivity (Wildman–Crippen MR) is 213 cm³/mol. The number of nitrogens with one attached hydrogen (secondary N) is 2. The summed E-state index contributed by atoms with van der Waals surface area (Å²) in [5.74, 6) is -2.67. The van der Waals surface area contributed by atoms with Crippen LogP contribution in [0.15, 0.2) is 0 Å². The lowest BCUT2D eigenvalue weighted by Gasteiger charge is -2.37. The van der Waals surface area contributed by atoms with Gasteiger partial charge in [-0.25, -0.2) is 0 Å². The van der Waals surface area contributed by atoms with Crippen molar-refractivity contribution < 1.29 is 53.6 Å². The average molecular weight is 814 g/mol. The SMILES string of the molecule is CC(C)(C)N[C@@H](CC1CCN(C(=O)CCOCCOCCNC(=O)CN2CCN(CC(=O)O)CCN(CC(=O)O)CCN(CC(=O)O)CC2)CC1)C(=O)C(C)(C)C. The second kappa shape index (κ2) is 25.3. The van der Waals surface area contributed by atoms with Crippen LogP contribution >= 0.6 is 0 Å². The van der Waals surface area contributed by atoms with Gasteiger partial charge in [0.15, 0.2) is 5.78 Å². The van der Waals surface area contributed by atoms with E-state index in [4.69, 9.17) is 9.47 Å². The molecule has 5 N–H and O–H groups in total. The molecule has 18 heteroatoms. The third-order valence-corrected chi connectivity index (χ3v) is 9.97. The van der Waals surface area contributed by atoms with Gasteiger partial charge in [-0.2, -0.15) is 0 Å². The summed E-state index contributed by atoms with van der Waals surface area (Å²) in [6, 6.07) is -0.217. The third kappa shape index (κ3) is 22.5. The van der Waals surface area contributed by atoms with Crippen molar-refractivity contribution in [2.45, 2.75) is 78.8 Å². The third-order valence-electron chi connectivity index (χ3n) is 9.97. The van der Waals surface area contributed by atoms with Gasteiger partial charge in [-0.05, 0) is 46.0 Å². The molecular formula is C39H71N7O11. The predicted octanol–water partition coefficient (Wildman–Crippen LogP) is 0.00190. The van der Waals surface area contributed by atoms with E-state index in [1.165, 1.54) is 0 Å². The van der Waals surface area contributed by atoms with E-state index in [1.807, 2.05) is 30.6 Å². The van der Waals surface area contributed by atoms with E-state index in [2.05, 4.69) is 31.4 Å². The summed E-state index contributed by atoms with van der Waals surface area (Å²) in [6.45, 7) is 16.7. The highest BCUT2D eigenvalue weighted by Crippen LogP contribution is 2.27. The molecule has 0 aromatic heterocycles. The molecule has 0 aromatic rings. The fraction of sp³-hybridized carbons (Fsp3) is 0.846. The number of piperidine rings is 1. The van der Waals surface area contributed by atoms with Crippen LogP contribution in [-0.4, -0.2) is 212 Å². The van der Waals surface area contributed by atoms with Crippen molar-refractivity contribution >= 4 is 35.5 Å². The number of hydrogen-bond donors (Lipinski definition) is 5. The van der Waals surface area contributed by atoms with Crippen molar-refractivity contribution in [2.24, 2.45) is 11.3 Å².